The van der Waals surface area contributed by atoms with Gasteiger partial charge in [0.25, 0.3) is 0 Å². The standard InChI is InChI=1S/C36H41BrN8O6/c1-21-4-8-30(37)41-34(21)42-35(49)28-15-36(3)16-29(36)45(28)32(48)19-44-27-7-5-23(14-26(27)33(43-44)22(2)46)24-17-39-31(40-18-24)9-6-25(47)20-51-13-12-50-11-10-38/h4-5,7-8,14,17-18,28-29H,6,9-13,15-16,19-20,38H2,1-3H3,(H,41,42,49)/t28-,29+,36-/m0/s1. The number of nitrogens with zero attached hydrogens (tertiary/aromatic N) is 6. The smallest absolute Gasteiger partial charge is 0.248 e. The van der Waals surface area contributed by atoms with E-state index in [1.807, 2.05) is 31.2 Å². The molecule has 14 nitrogen and oxygen atoms in total. The number of ether oxygens (including phenoxy) is 2. The SMILES string of the molecule is CC(=O)c1nn(CC(=O)N2[C@H](C(=O)Nc3nc(Br)ccc3C)C[C@@]3(C)C[C@@H]23)c2ccc(-c3cnc(CCC(=O)COCCOCCN)nc3)cc12. The third-order valence-corrected chi connectivity index (χ3v) is 9.90. The molecule has 1 saturated carbocycles. The number of rotatable bonds is 16. The normalized spacial score (nSPS) is 19.3. The number of carbonyl (C=O) groups is 4. The van der Waals surface area contributed by atoms with Gasteiger partial charge >= 0.3 is 0 Å². The van der Waals surface area contributed by atoms with Crippen molar-refractivity contribution < 1.29 is 28.7 Å². The molecule has 1 aliphatic carbocycles. The molecule has 268 valence electrons. The number of nitrogens with two attached hydrogens (primary N) is 1. The van der Waals surface area contributed by atoms with Crippen molar-refractivity contribution in [1.29, 1.82) is 0 Å². The number of amides is 2. The van der Waals surface area contributed by atoms with E-state index in [4.69, 9.17) is 15.2 Å². The first-order chi connectivity index (χ1) is 24.5. The number of aryl methyl sites for hydroxylation is 2. The molecule has 3 aromatic heterocycles. The summed E-state index contributed by atoms with van der Waals surface area (Å²) in [6.45, 7) is 6.88. The van der Waals surface area contributed by atoms with Crippen LogP contribution in [0.2, 0.25) is 0 Å². The van der Waals surface area contributed by atoms with E-state index in [1.165, 1.54) is 6.92 Å². The number of aromatic nitrogens is 5. The third-order valence-electron chi connectivity index (χ3n) is 9.46. The number of pyridine rings is 1. The van der Waals surface area contributed by atoms with Crippen LogP contribution in [0.3, 0.4) is 0 Å². The van der Waals surface area contributed by atoms with Crippen LogP contribution in [0.25, 0.3) is 22.0 Å². The predicted octanol–water partition coefficient (Wildman–Crippen LogP) is 3.67. The minimum Gasteiger partial charge on any atom is -0.378 e. The molecule has 4 aromatic rings. The minimum absolute atomic E-state index is 0.000240. The van der Waals surface area contributed by atoms with E-state index in [0.717, 1.165) is 23.1 Å². The van der Waals surface area contributed by atoms with Crippen LogP contribution in [0.15, 0.2) is 47.3 Å². The van der Waals surface area contributed by atoms with Crippen LogP contribution in [0.4, 0.5) is 5.82 Å². The molecule has 6 rings (SSSR count). The van der Waals surface area contributed by atoms with Gasteiger partial charge in [-0.2, -0.15) is 5.10 Å². The maximum Gasteiger partial charge on any atom is 0.248 e. The number of likely N-dealkylation sites (tertiary alicyclic amines) is 1. The van der Waals surface area contributed by atoms with Gasteiger partial charge in [-0.3, -0.25) is 23.9 Å². The van der Waals surface area contributed by atoms with Crippen LogP contribution >= 0.6 is 15.9 Å². The van der Waals surface area contributed by atoms with Crippen molar-refractivity contribution in [2.24, 2.45) is 11.1 Å². The van der Waals surface area contributed by atoms with E-state index >= 15 is 0 Å². The Labute approximate surface area is 303 Å². The van der Waals surface area contributed by atoms with Crippen molar-refractivity contribution >= 4 is 56.0 Å². The molecule has 0 bridgehead atoms. The highest BCUT2D eigenvalue weighted by molar-refractivity contribution is 9.10. The van der Waals surface area contributed by atoms with E-state index in [0.29, 0.717) is 66.4 Å². The van der Waals surface area contributed by atoms with Gasteiger partial charge in [0.05, 0.1) is 25.3 Å². The van der Waals surface area contributed by atoms with Crippen LogP contribution < -0.4 is 11.1 Å². The first-order valence-corrected chi connectivity index (χ1v) is 17.7. The molecule has 0 radical (unpaired) electrons. The lowest BCUT2D eigenvalue weighted by atomic mass is 10.0. The summed E-state index contributed by atoms with van der Waals surface area (Å²) in [5, 5.41) is 8.08. The summed E-state index contributed by atoms with van der Waals surface area (Å²) >= 11 is 3.36. The Kier molecular flexibility index (Phi) is 11.0. The zero-order valence-electron chi connectivity index (χ0n) is 28.9. The lowest BCUT2D eigenvalue weighted by Gasteiger charge is -2.27. The number of carbonyl (C=O) groups excluding carboxylic acids is 4. The van der Waals surface area contributed by atoms with Gasteiger partial charge in [0, 0.05) is 55.7 Å². The average molecular weight is 762 g/mol. The Hall–Kier alpha value is -4.44. The van der Waals surface area contributed by atoms with Crippen LogP contribution in [0.5, 0.6) is 0 Å². The van der Waals surface area contributed by atoms with Gasteiger partial charge < -0.3 is 25.4 Å². The fourth-order valence-electron chi connectivity index (χ4n) is 6.59. The molecule has 0 spiro atoms. The van der Waals surface area contributed by atoms with Crippen LogP contribution in [0, 0.1) is 12.3 Å². The number of piperidine rings is 1. The molecule has 0 unspecified atom stereocenters. The molecule has 3 atom stereocenters. The summed E-state index contributed by atoms with van der Waals surface area (Å²) in [5.41, 5.74) is 8.42. The van der Waals surface area contributed by atoms with Gasteiger partial charge in [-0.25, -0.2) is 15.0 Å². The fraction of sp³-hybridized carbons (Fsp3) is 0.444. The molecule has 15 heteroatoms. The van der Waals surface area contributed by atoms with Crippen molar-refractivity contribution in [2.45, 2.75) is 65.1 Å². The highest BCUT2D eigenvalue weighted by Crippen LogP contribution is 2.59. The van der Waals surface area contributed by atoms with Crippen molar-refractivity contribution in [1.82, 2.24) is 29.6 Å². The molecule has 1 aromatic carbocycles. The zero-order valence-corrected chi connectivity index (χ0v) is 30.4. The average Bonchev–Trinajstić information content (AvgIpc) is 3.47. The Balaban J connectivity index is 1.13. The maximum atomic E-state index is 13.9. The Morgan fingerprint density at radius 3 is 2.55 bits per heavy atom. The molecule has 4 heterocycles. The number of fused-ring (bicyclic) bond motifs is 2. The zero-order chi connectivity index (χ0) is 36.3. The molecule has 2 fully saturated rings. The summed E-state index contributed by atoms with van der Waals surface area (Å²) in [7, 11) is 0. The monoisotopic (exact) mass is 760 g/mol. The second-order valence-electron chi connectivity index (χ2n) is 13.4. The van der Waals surface area contributed by atoms with E-state index < -0.39 is 6.04 Å². The van der Waals surface area contributed by atoms with E-state index in [9.17, 15) is 19.2 Å². The number of nitrogens with one attached hydrogen (secondary N) is 1. The molecular formula is C36H41BrN8O6. The molecule has 51 heavy (non-hydrogen) atoms. The number of hydrogen-bond donors (Lipinski definition) is 2. The van der Waals surface area contributed by atoms with Crippen LogP contribution in [0.1, 0.15) is 55.0 Å². The van der Waals surface area contributed by atoms with E-state index in [-0.39, 0.29) is 60.1 Å². The molecule has 2 aliphatic rings. The molecule has 3 N–H and O–H groups in total. The minimum atomic E-state index is -0.650. The molecule has 1 saturated heterocycles. The number of anilines is 1. The first-order valence-electron chi connectivity index (χ1n) is 16.9. The highest BCUT2D eigenvalue weighted by atomic mass is 79.9. The van der Waals surface area contributed by atoms with Crippen molar-refractivity contribution in [3.63, 3.8) is 0 Å². The summed E-state index contributed by atoms with van der Waals surface area (Å²) < 4.78 is 12.7. The molecular weight excluding hydrogens is 720 g/mol. The summed E-state index contributed by atoms with van der Waals surface area (Å²) in [4.78, 5) is 67.4. The quantitative estimate of drug-likeness (QED) is 0.0965. The highest BCUT2D eigenvalue weighted by Gasteiger charge is 2.64. The lowest BCUT2D eigenvalue weighted by molar-refractivity contribution is -0.138. The van der Waals surface area contributed by atoms with Gasteiger partial charge in [-0.15, -0.1) is 0 Å². The van der Waals surface area contributed by atoms with Crippen molar-refractivity contribution in [3.05, 3.63) is 64.4 Å². The second-order valence-corrected chi connectivity index (χ2v) is 14.2. The number of hydrogen-bond acceptors (Lipinski definition) is 11. The van der Waals surface area contributed by atoms with Gasteiger partial charge in [0.15, 0.2) is 11.6 Å². The molecule has 1 aliphatic heterocycles. The topological polar surface area (TPSA) is 185 Å². The van der Waals surface area contributed by atoms with Crippen molar-refractivity contribution in [2.75, 3.05) is 38.3 Å². The van der Waals surface area contributed by atoms with Crippen molar-refractivity contribution in [3.8, 4) is 11.1 Å². The van der Waals surface area contributed by atoms with Crippen LogP contribution in [-0.4, -0.2) is 98.1 Å². The third kappa shape index (κ3) is 8.22. The van der Waals surface area contributed by atoms with Gasteiger partial charge in [0.2, 0.25) is 11.8 Å². The number of ketones is 2. The summed E-state index contributed by atoms with van der Waals surface area (Å²) in [5.74, 6) is 0.163. The van der Waals surface area contributed by atoms with Gasteiger partial charge in [0.1, 0.15) is 41.1 Å². The van der Waals surface area contributed by atoms with E-state index in [2.05, 4.69) is 48.2 Å². The Morgan fingerprint density at radius 2 is 1.80 bits per heavy atom. The van der Waals surface area contributed by atoms with Gasteiger partial charge in [-0.1, -0.05) is 19.1 Å². The van der Waals surface area contributed by atoms with E-state index in [1.54, 1.807) is 28.0 Å². The van der Waals surface area contributed by atoms with Gasteiger partial charge in [-0.05, 0) is 70.4 Å². The first kappa shape index (κ1) is 36.4. The number of Topliss-reactive ketones (excluding diaryl/α,β-unsaturated/α-hetero) is 2. The summed E-state index contributed by atoms with van der Waals surface area (Å²) in [6, 6.07) is 8.50. The lowest BCUT2D eigenvalue weighted by Crippen LogP contribution is -2.47. The Bertz CT molecular complexity index is 1970. The second kappa shape index (κ2) is 15.4. The van der Waals surface area contributed by atoms with Crippen LogP contribution in [-0.2, 0) is 36.8 Å². The number of halogens is 1. The Morgan fingerprint density at radius 1 is 1.04 bits per heavy atom. The largest absolute Gasteiger partial charge is 0.378 e. The molecule has 2 amide bonds. The fourth-order valence-corrected chi connectivity index (χ4v) is 6.90. The summed E-state index contributed by atoms with van der Waals surface area (Å²) in [6.07, 6.45) is 5.37. The number of benzene rings is 1. The maximum absolute atomic E-state index is 13.9. The predicted molar refractivity (Wildman–Crippen MR) is 192 cm³/mol.